The minimum atomic E-state index is -0.0807. The zero-order valence-electron chi connectivity index (χ0n) is 14.5. The Morgan fingerprint density at radius 3 is 2.77 bits per heavy atom. The molecule has 2 heterocycles. The van der Waals surface area contributed by atoms with Crippen LogP contribution in [0.1, 0.15) is 60.9 Å². The third-order valence-electron chi connectivity index (χ3n) is 3.67. The number of amides is 1. The summed E-state index contributed by atoms with van der Waals surface area (Å²) in [5.41, 5.74) is 7.02. The lowest BCUT2D eigenvalue weighted by atomic mass is 10.1. The van der Waals surface area contributed by atoms with E-state index in [1.54, 1.807) is 0 Å². The molecule has 5 nitrogen and oxygen atoms in total. The average Bonchev–Trinajstić information content (AvgIpc) is 2.91. The number of nitrogens with two attached hydrogens (primary N) is 1. The molecule has 1 unspecified atom stereocenters. The number of carbonyl (C=O) groups is 1. The molecule has 0 spiro atoms. The zero-order valence-corrected chi connectivity index (χ0v) is 15.3. The highest BCUT2D eigenvalue weighted by molar-refractivity contribution is 7.13. The van der Waals surface area contributed by atoms with Crippen molar-refractivity contribution >= 4 is 17.2 Å². The second-order valence-electron chi connectivity index (χ2n) is 5.60. The van der Waals surface area contributed by atoms with Crippen molar-refractivity contribution in [1.29, 1.82) is 0 Å². The van der Waals surface area contributed by atoms with Gasteiger partial charge < -0.3 is 16.0 Å². The van der Waals surface area contributed by atoms with E-state index < -0.39 is 0 Å². The van der Waals surface area contributed by atoms with Crippen LogP contribution in [-0.4, -0.2) is 41.5 Å². The van der Waals surface area contributed by atoms with E-state index in [0.717, 1.165) is 38.0 Å². The molecule has 0 saturated heterocycles. The van der Waals surface area contributed by atoms with Gasteiger partial charge in [-0.3, -0.25) is 4.79 Å². The summed E-state index contributed by atoms with van der Waals surface area (Å²) >= 11 is 1.51. The number of hydrogen-bond donors (Lipinski definition) is 2. The summed E-state index contributed by atoms with van der Waals surface area (Å²) in [7, 11) is 2.09. The first-order valence-corrected chi connectivity index (χ1v) is 9.06. The average molecular weight is 327 g/mol. The van der Waals surface area contributed by atoms with E-state index in [9.17, 15) is 4.79 Å². The summed E-state index contributed by atoms with van der Waals surface area (Å²) in [4.78, 5) is 20.3. The molecule has 2 rings (SSSR count). The molecule has 1 amide bonds. The third kappa shape index (κ3) is 5.04. The molecule has 0 radical (unpaired) electrons. The van der Waals surface area contributed by atoms with Gasteiger partial charge in [-0.1, -0.05) is 27.2 Å². The van der Waals surface area contributed by atoms with Crippen molar-refractivity contribution < 1.29 is 4.79 Å². The Labute approximate surface area is 138 Å². The van der Waals surface area contributed by atoms with Gasteiger partial charge in [0.1, 0.15) is 0 Å². The van der Waals surface area contributed by atoms with Crippen molar-refractivity contribution in [3.63, 3.8) is 0 Å². The molecule has 0 fully saturated rings. The Kier molecular flexibility index (Phi) is 8.00. The monoisotopic (exact) mass is 326 g/mol. The summed E-state index contributed by atoms with van der Waals surface area (Å²) in [6.45, 7) is 9.93. The second-order valence-corrected chi connectivity index (χ2v) is 6.69. The van der Waals surface area contributed by atoms with Gasteiger partial charge in [0.15, 0.2) is 5.01 Å². The number of likely N-dealkylation sites (N-methyl/N-ethyl adjacent to an activating group) is 1. The quantitative estimate of drug-likeness (QED) is 0.871. The van der Waals surface area contributed by atoms with Crippen molar-refractivity contribution in [3.8, 4) is 0 Å². The standard InChI is InChI=1S/C14H24N4OS.C2H6/c1-4-5-10(9(2)15)16-13(19)14-17-11-6-7-18(3)8-12(11)20-14;1-2/h9-10H,4-8,15H2,1-3H3,(H,16,19);1-2H3/t9?,10-;/m1./s1. The Hall–Kier alpha value is -0.980. The molecule has 0 aromatic carbocycles. The van der Waals surface area contributed by atoms with Gasteiger partial charge in [-0.15, -0.1) is 11.3 Å². The molecule has 1 aliphatic heterocycles. The fraction of sp³-hybridized carbons (Fsp3) is 0.750. The summed E-state index contributed by atoms with van der Waals surface area (Å²) in [6, 6.07) is -0.0179. The number of thiazole rings is 1. The smallest absolute Gasteiger partial charge is 0.280 e. The zero-order chi connectivity index (χ0) is 16.7. The molecule has 1 aromatic heterocycles. The number of carbonyl (C=O) groups excluding carboxylic acids is 1. The molecule has 0 bridgehead atoms. The van der Waals surface area contributed by atoms with Crippen LogP contribution in [0, 0.1) is 0 Å². The van der Waals surface area contributed by atoms with Crippen LogP contribution >= 0.6 is 11.3 Å². The molecule has 126 valence electrons. The maximum Gasteiger partial charge on any atom is 0.280 e. The Morgan fingerprint density at radius 2 is 2.18 bits per heavy atom. The maximum atomic E-state index is 12.3. The summed E-state index contributed by atoms with van der Waals surface area (Å²) in [5, 5.41) is 3.60. The van der Waals surface area contributed by atoms with Gasteiger partial charge in [0.05, 0.1) is 5.69 Å². The first kappa shape index (κ1) is 19.1. The van der Waals surface area contributed by atoms with Gasteiger partial charge >= 0.3 is 0 Å². The van der Waals surface area contributed by atoms with Crippen molar-refractivity contribution in [2.45, 2.75) is 65.6 Å². The minimum Gasteiger partial charge on any atom is -0.346 e. The highest BCUT2D eigenvalue weighted by atomic mass is 32.1. The van der Waals surface area contributed by atoms with Gasteiger partial charge in [-0.2, -0.15) is 0 Å². The lowest BCUT2D eigenvalue weighted by Crippen LogP contribution is -2.46. The molecule has 6 heteroatoms. The van der Waals surface area contributed by atoms with E-state index in [1.807, 2.05) is 20.8 Å². The fourth-order valence-electron chi connectivity index (χ4n) is 2.43. The van der Waals surface area contributed by atoms with E-state index in [1.165, 1.54) is 16.2 Å². The normalized spacial score (nSPS) is 17.0. The molecule has 1 aromatic rings. The van der Waals surface area contributed by atoms with Gasteiger partial charge in [-0.05, 0) is 20.4 Å². The van der Waals surface area contributed by atoms with Crippen molar-refractivity contribution in [3.05, 3.63) is 15.6 Å². The molecule has 3 N–H and O–H groups in total. The van der Waals surface area contributed by atoms with Crippen molar-refractivity contribution in [1.82, 2.24) is 15.2 Å². The molecular weight excluding hydrogens is 296 g/mol. The highest BCUT2D eigenvalue weighted by Crippen LogP contribution is 2.24. The summed E-state index contributed by atoms with van der Waals surface area (Å²) < 4.78 is 0. The molecule has 22 heavy (non-hydrogen) atoms. The Balaban J connectivity index is 0.00000116. The third-order valence-corrected chi connectivity index (χ3v) is 4.75. The van der Waals surface area contributed by atoms with Crippen molar-refractivity contribution in [2.75, 3.05) is 13.6 Å². The number of fused-ring (bicyclic) bond motifs is 1. The fourth-order valence-corrected chi connectivity index (χ4v) is 3.52. The predicted octanol–water partition coefficient (Wildman–Crippen LogP) is 2.40. The minimum absolute atomic E-state index is 0.0242. The molecule has 2 atom stereocenters. The molecule has 0 aliphatic carbocycles. The largest absolute Gasteiger partial charge is 0.346 e. The topological polar surface area (TPSA) is 71.2 Å². The van der Waals surface area contributed by atoms with E-state index in [-0.39, 0.29) is 18.0 Å². The van der Waals surface area contributed by atoms with E-state index >= 15 is 0 Å². The molecule has 1 aliphatic rings. The first-order chi connectivity index (χ1) is 10.5. The second kappa shape index (κ2) is 9.22. The number of aromatic nitrogens is 1. The van der Waals surface area contributed by atoms with Crippen LogP contribution in [0.5, 0.6) is 0 Å². The van der Waals surface area contributed by atoms with Crippen LogP contribution in [0.2, 0.25) is 0 Å². The van der Waals surface area contributed by atoms with E-state index in [2.05, 4.69) is 29.2 Å². The van der Waals surface area contributed by atoms with E-state index in [0.29, 0.717) is 5.01 Å². The van der Waals surface area contributed by atoms with Gasteiger partial charge in [0.2, 0.25) is 0 Å². The SMILES string of the molecule is CC.CCC[C@@H](NC(=O)c1nc2c(s1)CN(C)CC2)C(C)N. The maximum absolute atomic E-state index is 12.3. The molecular formula is C16H30N4OS. The number of nitrogens with zero attached hydrogens (tertiary/aromatic N) is 2. The molecule has 0 saturated carbocycles. The van der Waals surface area contributed by atoms with Crippen LogP contribution < -0.4 is 11.1 Å². The lowest BCUT2D eigenvalue weighted by Gasteiger charge is -2.20. The first-order valence-electron chi connectivity index (χ1n) is 8.24. The highest BCUT2D eigenvalue weighted by Gasteiger charge is 2.23. The lowest BCUT2D eigenvalue weighted by molar-refractivity contribution is 0.0929. The predicted molar refractivity (Wildman–Crippen MR) is 93.3 cm³/mol. The number of nitrogens with one attached hydrogen (secondary N) is 1. The Morgan fingerprint density at radius 1 is 1.50 bits per heavy atom. The summed E-state index contributed by atoms with van der Waals surface area (Å²) in [5.74, 6) is -0.0807. The van der Waals surface area contributed by atoms with Crippen LogP contribution in [-0.2, 0) is 13.0 Å². The van der Waals surface area contributed by atoms with Gasteiger partial charge in [-0.25, -0.2) is 4.98 Å². The number of rotatable bonds is 5. The van der Waals surface area contributed by atoms with E-state index in [4.69, 9.17) is 5.73 Å². The van der Waals surface area contributed by atoms with Crippen molar-refractivity contribution in [2.24, 2.45) is 5.73 Å². The van der Waals surface area contributed by atoms with Gasteiger partial charge in [0, 0.05) is 36.5 Å². The Bertz CT molecular complexity index is 473. The number of hydrogen-bond acceptors (Lipinski definition) is 5. The van der Waals surface area contributed by atoms with Crippen LogP contribution in [0.3, 0.4) is 0 Å². The van der Waals surface area contributed by atoms with Crippen LogP contribution in [0.15, 0.2) is 0 Å². The van der Waals surface area contributed by atoms with Gasteiger partial charge in [0.25, 0.3) is 5.91 Å². The van der Waals surface area contributed by atoms with Crippen LogP contribution in [0.4, 0.5) is 0 Å². The summed E-state index contributed by atoms with van der Waals surface area (Å²) in [6.07, 6.45) is 2.84. The van der Waals surface area contributed by atoms with Crippen LogP contribution in [0.25, 0.3) is 0 Å².